The SMILES string of the molecule is Cc1cc(N2CCN(CCc3ccc4c(c3)NC(=O)CO4)CC2)c2ccc(C)nc2c1.Cl. The summed E-state index contributed by atoms with van der Waals surface area (Å²) in [5.41, 5.74) is 6.70. The molecule has 0 atom stereocenters. The third-order valence-electron chi connectivity index (χ3n) is 6.18. The number of benzene rings is 2. The van der Waals surface area contributed by atoms with Crippen LogP contribution in [0.25, 0.3) is 10.9 Å². The van der Waals surface area contributed by atoms with Crippen LogP contribution in [0.3, 0.4) is 0 Å². The Kier molecular flexibility index (Phi) is 6.53. The Balaban J connectivity index is 0.00000245. The number of carbonyl (C=O) groups excluding carboxylic acids is 1. The number of aryl methyl sites for hydroxylation is 2. The molecular formula is C25H29ClN4O2. The minimum Gasteiger partial charge on any atom is -0.482 e. The molecule has 0 aliphatic carbocycles. The first kappa shape index (κ1) is 22.4. The predicted molar refractivity (Wildman–Crippen MR) is 131 cm³/mol. The van der Waals surface area contributed by atoms with Gasteiger partial charge in [-0.1, -0.05) is 6.07 Å². The maximum absolute atomic E-state index is 11.6. The first-order valence-corrected chi connectivity index (χ1v) is 11.0. The number of fused-ring (bicyclic) bond motifs is 2. The fourth-order valence-corrected chi connectivity index (χ4v) is 4.50. The molecule has 5 rings (SSSR count). The lowest BCUT2D eigenvalue weighted by atomic mass is 10.1. The zero-order valence-electron chi connectivity index (χ0n) is 18.6. The minimum absolute atomic E-state index is 0. The Labute approximate surface area is 195 Å². The molecule has 7 heteroatoms. The first-order chi connectivity index (χ1) is 15.0. The van der Waals surface area contributed by atoms with Gasteiger partial charge in [-0.05, 0) is 67.8 Å². The number of rotatable bonds is 4. The van der Waals surface area contributed by atoms with Crippen LogP contribution in [-0.2, 0) is 11.2 Å². The first-order valence-electron chi connectivity index (χ1n) is 11.0. The molecule has 168 valence electrons. The number of carbonyl (C=O) groups is 1. The average Bonchev–Trinajstić information content (AvgIpc) is 2.77. The molecule has 3 aromatic rings. The molecule has 32 heavy (non-hydrogen) atoms. The summed E-state index contributed by atoms with van der Waals surface area (Å²) in [6, 6.07) is 14.9. The number of hydrogen-bond donors (Lipinski definition) is 1. The van der Waals surface area contributed by atoms with Crippen molar-refractivity contribution in [3.63, 3.8) is 0 Å². The molecule has 2 aromatic carbocycles. The fraction of sp³-hybridized carbons (Fsp3) is 0.360. The highest BCUT2D eigenvalue weighted by molar-refractivity contribution is 5.95. The van der Waals surface area contributed by atoms with E-state index in [-0.39, 0.29) is 24.9 Å². The van der Waals surface area contributed by atoms with E-state index in [2.05, 4.69) is 52.4 Å². The molecule has 3 heterocycles. The van der Waals surface area contributed by atoms with Crippen LogP contribution in [0.5, 0.6) is 5.75 Å². The van der Waals surface area contributed by atoms with Crippen molar-refractivity contribution in [2.75, 3.05) is 49.5 Å². The average molecular weight is 453 g/mol. The van der Waals surface area contributed by atoms with Crippen molar-refractivity contribution in [2.45, 2.75) is 20.3 Å². The molecular weight excluding hydrogens is 424 g/mol. The van der Waals surface area contributed by atoms with Crippen LogP contribution in [0, 0.1) is 13.8 Å². The second kappa shape index (κ2) is 9.35. The van der Waals surface area contributed by atoms with Gasteiger partial charge in [0.2, 0.25) is 0 Å². The van der Waals surface area contributed by atoms with Crippen LogP contribution in [0.2, 0.25) is 0 Å². The monoisotopic (exact) mass is 452 g/mol. The molecule has 6 nitrogen and oxygen atoms in total. The highest BCUT2D eigenvalue weighted by atomic mass is 35.5. The maximum atomic E-state index is 11.6. The van der Waals surface area contributed by atoms with Gasteiger partial charge in [0.15, 0.2) is 6.61 Å². The second-order valence-corrected chi connectivity index (χ2v) is 8.55. The van der Waals surface area contributed by atoms with Gasteiger partial charge >= 0.3 is 0 Å². The summed E-state index contributed by atoms with van der Waals surface area (Å²) in [6.07, 6.45) is 0.958. The number of pyridine rings is 1. The largest absolute Gasteiger partial charge is 0.482 e. The zero-order chi connectivity index (χ0) is 21.4. The lowest BCUT2D eigenvalue weighted by molar-refractivity contribution is -0.118. The molecule has 0 unspecified atom stereocenters. The summed E-state index contributed by atoms with van der Waals surface area (Å²) < 4.78 is 5.45. The summed E-state index contributed by atoms with van der Waals surface area (Å²) in [7, 11) is 0. The number of aromatic nitrogens is 1. The van der Waals surface area contributed by atoms with E-state index in [9.17, 15) is 4.79 Å². The molecule has 1 amide bonds. The van der Waals surface area contributed by atoms with E-state index in [1.54, 1.807) is 0 Å². The standard InChI is InChI=1S/C25H28N4O2.ClH/c1-17-13-21-20(5-3-18(2)26-21)23(14-17)29-11-9-28(10-12-29)8-7-19-4-6-24-22(15-19)27-25(30)16-31-24;/h3-6,13-15H,7-12,16H2,1-2H3,(H,27,30);1H. The van der Waals surface area contributed by atoms with Crippen LogP contribution in [-0.4, -0.2) is 55.1 Å². The highest BCUT2D eigenvalue weighted by Gasteiger charge is 2.20. The number of ether oxygens (including phenoxy) is 1. The molecule has 0 spiro atoms. The lowest BCUT2D eigenvalue weighted by Gasteiger charge is -2.36. The molecule has 0 bridgehead atoms. The van der Waals surface area contributed by atoms with Crippen molar-refractivity contribution in [1.29, 1.82) is 0 Å². The molecule has 1 saturated heterocycles. The van der Waals surface area contributed by atoms with Crippen LogP contribution in [0.15, 0.2) is 42.5 Å². The Morgan fingerprint density at radius 1 is 1.03 bits per heavy atom. The van der Waals surface area contributed by atoms with E-state index >= 15 is 0 Å². The van der Waals surface area contributed by atoms with Crippen molar-refractivity contribution >= 4 is 40.6 Å². The molecule has 0 radical (unpaired) electrons. The number of nitrogens with one attached hydrogen (secondary N) is 1. The number of halogens is 1. The van der Waals surface area contributed by atoms with Crippen LogP contribution in [0.4, 0.5) is 11.4 Å². The second-order valence-electron chi connectivity index (χ2n) is 8.55. The van der Waals surface area contributed by atoms with E-state index in [0.29, 0.717) is 0 Å². The number of amides is 1. The van der Waals surface area contributed by atoms with Crippen molar-refractivity contribution in [1.82, 2.24) is 9.88 Å². The van der Waals surface area contributed by atoms with Gasteiger partial charge in [0.25, 0.3) is 5.91 Å². The topological polar surface area (TPSA) is 57.7 Å². The lowest BCUT2D eigenvalue weighted by Crippen LogP contribution is -2.47. The van der Waals surface area contributed by atoms with Gasteiger partial charge in [-0.3, -0.25) is 14.7 Å². The highest BCUT2D eigenvalue weighted by Crippen LogP contribution is 2.30. The van der Waals surface area contributed by atoms with Gasteiger partial charge in [-0.25, -0.2) is 0 Å². The summed E-state index contributed by atoms with van der Waals surface area (Å²) >= 11 is 0. The molecule has 0 saturated carbocycles. The number of nitrogens with zero attached hydrogens (tertiary/aromatic N) is 3. The minimum atomic E-state index is -0.0881. The van der Waals surface area contributed by atoms with Crippen LogP contribution in [0.1, 0.15) is 16.8 Å². The van der Waals surface area contributed by atoms with Crippen molar-refractivity contribution in [2.24, 2.45) is 0 Å². The predicted octanol–water partition coefficient (Wildman–Crippen LogP) is 3.97. The van der Waals surface area contributed by atoms with Crippen LogP contribution >= 0.6 is 12.4 Å². The van der Waals surface area contributed by atoms with Crippen molar-refractivity contribution in [3.05, 3.63) is 59.3 Å². The van der Waals surface area contributed by atoms with E-state index in [1.807, 2.05) is 19.1 Å². The van der Waals surface area contributed by atoms with Crippen LogP contribution < -0.4 is 15.0 Å². The van der Waals surface area contributed by atoms with Crippen molar-refractivity contribution < 1.29 is 9.53 Å². The van der Waals surface area contributed by atoms with Gasteiger partial charge in [0, 0.05) is 49.5 Å². The van der Waals surface area contributed by atoms with Gasteiger partial charge in [-0.2, -0.15) is 0 Å². The quantitative estimate of drug-likeness (QED) is 0.649. The Morgan fingerprint density at radius 3 is 2.66 bits per heavy atom. The molecule has 2 aliphatic heterocycles. The molecule has 1 fully saturated rings. The molecule has 1 aromatic heterocycles. The Hall–Kier alpha value is -2.83. The molecule has 2 aliphatic rings. The summed E-state index contributed by atoms with van der Waals surface area (Å²) in [5.74, 6) is 0.668. The number of piperazine rings is 1. The Bertz CT molecular complexity index is 1140. The summed E-state index contributed by atoms with van der Waals surface area (Å²) in [4.78, 5) is 21.3. The van der Waals surface area contributed by atoms with Crippen molar-refractivity contribution in [3.8, 4) is 5.75 Å². The third kappa shape index (κ3) is 4.66. The van der Waals surface area contributed by atoms with Gasteiger partial charge in [0.1, 0.15) is 5.75 Å². The number of hydrogen-bond acceptors (Lipinski definition) is 5. The Morgan fingerprint density at radius 2 is 1.84 bits per heavy atom. The van der Waals surface area contributed by atoms with E-state index in [4.69, 9.17) is 9.72 Å². The van der Waals surface area contributed by atoms with Gasteiger partial charge in [0.05, 0.1) is 11.2 Å². The van der Waals surface area contributed by atoms with E-state index in [1.165, 1.54) is 22.2 Å². The normalized spacial score (nSPS) is 16.2. The maximum Gasteiger partial charge on any atom is 0.262 e. The third-order valence-corrected chi connectivity index (χ3v) is 6.18. The van der Waals surface area contributed by atoms with Gasteiger partial charge < -0.3 is 15.0 Å². The summed E-state index contributed by atoms with van der Waals surface area (Å²) in [5, 5.41) is 4.13. The molecule has 1 N–H and O–H groups in total. The summed E-state index contributed by atoms with van der Waals surface area (Å²) in [6.45, 7) is 9.41. The van der Waals surface area contributed by atoms with E-state index < -0.39 is 0 Å². The van der Waals surface area contributed by atoms with E-state index in [0.717, 1.165) is 61.8 Å². The smallest absolute Gasteiger partial charge is 0.262 e. The fourth-order valence-electron chi connectivity index (χ4n) is 4.50. The number of anilines is 2. The zero-order valence-corrected chi connectivity index (χ0v) is 19.4. The van der Waals surface area contributed by atoms with Gasteiger partial charge in [-0.15, -0.1) is 12.4 Å².